The Balaban J connectivity index is 1.83. The van der Waals surface area contributed by atoms with Gasteiger partial charge in [-0.25, -0.2) is 0 Å². The molecule has 0 unspecified atom stereocenters. The molecule has 1 N–H and O–H groups in total. The number of anilines is 1. The van der Waals surface area contributed by atoms with Crippen LogP contribution in [-0.2, 0) is 6.42 Å². The van der Waals surface area contributed by atoms with E-state index in [-0.39, 0.29) is 6.04 Å². The van der Waals surface area contributed by atoms with Gasteiger partial charge in [0.1, 0.15) is 0 Å². The van der Waals surface area contributed by atoms with E-state index in [0.717, 1.165) is 23.4 Å². The van der Waals surface area contributed by atoms with Gasteiger partial charge in [0.15, 0.2) is 0 Å². The standard InChI is InChI=1S/C20H19Cl2N/c1-2-12-5-3-7-15-14-6-4-8-16(14)20(23-19(12)15)17-10-9-13(21)11-18(17)22/h3-7,9-11,14,16,20,23H,2,8H2,1H3/t14-,16+,20+/m1/s1. The van der Waals surface area contributed by atoms with Gasteiger partial charge in [-0.3, -0.25) is 0 Å². The van der Waals surface area contributed by atoms with Crippen LogP contribution in [0.25, 0.3) is 0 Å². The predicted octanol–water partition coefficient (Wildman–Crippen LogP) is 6.38. The smallest absolute Gasteiger partial charge is 0.0568 e. The number of benzene rings is 2. The molecular weight excluding hydrogens is 325 g/mol. The van der Waals surface area contributed by atoms with Gasteiger partial charge < -0.3 is 5.32 Å². The highest BCUT2D eigenvalue weighted by molar-refractivity contribution is 6.35. The molecule has 0 fully saturated rings. The monoisotopic (exact) mass is 343 g/mol. The highest BCUT2D eigenvalue weighted by atomic mass is 35.5. The summed E-state index contributed by atoms with van der Waals surface area (Å²) in [6, 6.07) is 12.7. The lowest BCUT2D eigenvalue weighted by Crippen LogP contribution is -2.30. The van der Waals surface area contributed by atoms with Gasteiger partial charge in [0.05, 0.1) is 6.04 Å². The maximum absolute atomic E-state index is 6.51. The molecule has 23 heavy (non-hydrogen) atoms. The Bertz CT molecular complexity index is 781. The lowest BCUT2D eigenvalue weighted by atomic mass is 9.76. The minimum absolute atomic E-state index is 0.222. The van der Waals surface area contributed by atoms with Crippen LogP contribution in [0.15, 0.2) is 48.6 Å². The second kappa shape index (κ2) is 5.89. The number of rotatable bonds is 2. The Morgan fingerprint density at radius 1 is 1.13 bits per heavy atom. The van der Waals surface area contributed by atoms with E-state index >= 15 is 0 Å². The molecule has 118 valence electrons. The third-order valence-electron chi connectivity index (χ3n) is 5.16. The van der Waals surface area contributed by atoms with E-state index < -0.39 is 0 Å². The second-order valence-corrected chi connectivity index (χ2v) is 7.22. The zero-order chi connectivity index (χ0) is 16.0. The van der Waals surface area contributed by atoms with Crippen LogP contribution >= 0.6 is 23.2 Å². The van der Waals surface area contributed by atoms with Crippen molar-refractivity contribution in [1.82, 2.24) is 0 Å². The van der Waals surface area contributed by atoms with E-state index in [4.69, 9.17) is 23.2 Å². The van der Waals surface area contributed by atoms with Gasteiger partial charge in [0.25, 0.3) is 0 Å². The number of para-hydroxylation sites is 1. The second-order valence-electron chi connectivity index (χ2n) is 6.38. The molecule has 2 aromatic rings. The lowest BCUT2D eigenvalue weighted by Gasteiger charge is -2.39. The summed E-state index contributed by atoms with van der Waals surface area (Å²) in [6.07, 6.45) is 6.78. The molecule has 1 heterocycles. The zero-order valence-corrected chi connectivity index (χ0v) is 14.5. The molecule has 3 heteroatoms. The number of aryl methyl sites for hydroxylation is 1. The van der Waals surface area contributed by atoms with Gasteiger partial charge in [-0.15, -0.1) is 0 Å². The fraction of sp³-hybridized carbons (Fsp3) is 0.300. The first-order valence-electron chi connectivity index (χ1n) is 8.19. The highest BCUT2D eigenvalue weighted by Crippen LogP contribution is 2.51. The summed E-state index contributed by atoms with van der Waals surface area (Å²) >= 11 is 12.6. The number of allylic oxidation sites excluding steroid dienone is 2. The van der Waals surface area contributed by atoms with E-state index in [1.165, 1.54) is 16.8 Å². The molecule has 2 aliphatic rings. The quantitative estimate of drug-likeness (QED) is 0.623. The number of nitrogens with one attached hydrogen (secondary N) is 1. The van der Waals surface area contributed by atoms with E-state index in [0.29, 0.717) is 16.9 Å². The van der Waals surface area contributed by atoms with Gasteiger partial charge >= 0.3 is 0 Å². The summed E-state index contributed by atoms with van der Waals surface area (Å²) in [5.41, 5.74) is 5.23. The van der Waals surface area contributed by atoms with Crippen LogP contribution in [0.3, 0.4) is 0 Å². The third kappa shape index (κ3) is 2.47. The third-order valence-corrected chi connectivity index (χ3v) is 5.72. The molecule has 0 amide bonds. The summed E-state index contributed by atoms with van der Waals surface area (Å²) in [4.78, 5) is 0. The molecule has 3 atom stereocenters. The van der Waals surface area contributed by atoms with Crippen molar-refractivity contribution in [3.63, 3.8) is 0 Å². The first kappa shape index (κ1) is 15.1. The number of hydrogen-bond donors (Lipinski definition) is 1. The summed E-state index contributed by atoms with van der Waals surface area (Å²) in [5.74, 6) is 0.975. The van der Waals surface area contributed by atoms with E-state index in [2.05, 4.69) is 48.7 Å². The molecule has 0 saturated heterocycles. The summed E-state index contributed by atoms with van der Waals surface area (Å²) in [7, 11) is 0. The fourth-order valence-corrected chi connectivity index (χ4v) is 4.57. The maximum Gasteiger partial charge on any atom is 0.0568 e. The Kier molecular flexibility index (Phi) is 3.87. The van der Waals surface area contributed by atoms with Gasteiger partial charge in [-0.2, -0.15) is 0 Å². The van der Waals surface area contributed by atoms with Crippen LogP contribution in [-0.4, -0.2) is 0 Å². The Morgan fingerprint density at radius 2 is 2.00 bits per heavy atom. The Hall–Kier alpha value is -1.44. The van der Waals surface area contributed by atoms with Crippen LogP contribution < -0.4 is 5.32 Å². The van der Waals surface area contributed by atoms with Gasteiger partial charge in [0.2, 0.25) is 0 Å². The SMILES string of the molecule is CCc1cccc2c1N[C@H](c1ccc(Cl)cc1Cl)[C@H]1CC=C[C@H]21. The zero-order valence-electron chi connectivity index (χ0n) is 13.0. The Labute approximate surface area is 147 Å². The first-order chi connectivity index (χ1) is 11.2. The molecule has 0 saturated carbocycles. The number of fused-ring (bicyclic) bond motifs is 3. The normalized spacial score (nSPS) is 24.9. The van der Waals surface area contributed by atoms with Crippen LogP contribution in [0.4, 0.5) is 5.69 Å². The Morgan fingerprint density at radius 3 is 2.78 bits per heavy atom. The molecule has 0 radical (unpaired) electrons. The first-order valence-corrected chi connectivity index (χ1v) is 8.94. The van der Waals surface area contributed by atoms with E-state index in [9.17, 15) is 0 Å². The fourth-order valence-electron chi connectivity index (χ4n) is 4.04. The van der Waals surface area contributed by atoms with Crippen molar-refractivity contribution in [2.75, 3.05) is 5.32 Å². The van der Waals surface area contributed by atoms with Crippen molar-refractivity contribution >= 4 is 28.9 Å². The largest absolute Gasteiger partial charge is 0.377 e. The van der Waals surface area contributed by atoms with Gasteiger partial charge in [0, 0.05) is 21.7 Å². The molecule has 0 spiro atoms. The number of hydrogen-bond acceptors (Lipinski definition) is 1. The van der Waals surface area contributed by atoms with Crippen molar-refractivity contribution in [3.05, 3.63) is 75.3 Å². The molecular formula is C20H19Cl2N. The van der Waals surface area contributed by atoms with Crippen molar-refractivity contribution in [1.29, 1.82) is 0 Å². The van der Waals surface area contributed by atoms with E-state index in [1.54, 1.807) is 0 Å². The molecule has 1 aliphatic heterocycles. The predicted molar refractivity (Wildman–Crippen MR) is 98.6 cm³/mol. The van der Waals surface area contributed by atoms with Crippen molar-refractivity contribution in [2.24, 2.45) is 5.92 Å². The van der Waals surface area contributed by atoms with Gasteiger partial charge in [-0.1, -0.05) is 66.5 Å². The summed E-state index contributed by atoms with van der Waals surface area (Å²) in [6.45, 7) is 2.21. The lowest BCUT2D eigenvalue weighted by molar-refractivity contribution is 0.425. The van der Waals surface area contributed by atoms with Crippen molar-refractivity contribution in [2.45, 2.75) is 31.7 Å². The maximum atomic E-state index is 6.51. The molecule has 0 aromatic heterocycles. The molecule has 4 rings (SSSR count). The van der Waals surface area contributed by atoms with Crippen molar-refractivity contribution < 1.29 is 0 Å². The molecule has 1 nitrogen and oxygen atoms in total. The summed E-state index contributed by atoms with van der Waals surface area (Å²) in [5, 5.41) is 5.23. The minimum atomic E-state index is 0.222. The van der Waals surface area contributed by atoms with Crippen LogP contribution in [0, 0.1) is 5.92 Å². The average Bonchev–Trinajstić information content (AvgIpc) is 3.04. The molecule has 1 aliphatic carbocycles. The average molecular weight is 344 g/mol. The topological polar surface area (TPSA) is 12.0 Å². The van der Waals surface area contributed by atoms with Crippen molar-refractivity contribution in [3.8, 4) is 0 Å². The molecule has 2 aromatic carbocycles. The minimum Gasteiger partial charge on any atom is -0.377 e. The summed E-state index contributed by atoms with van der Waals surface area (Å²) < 4.78 is 0. The number of halogens is 2. The highest BCUT2D eigenvalue weighted by Gasteiger charge is 2.39. The van der Waals surface area contributed by atoms with Crippen LogP contribution in [0.1, 0.15) is 42.0 Å². The van der Waals surface area contributed by atoms with Crippen LogP contribution in [0.2, 0.25) is 10.0 Å². The van der Waals surface area contributed by atoms with E-state index in [1.807, 2.05) is 12.1 Å². The molecule has 0 bridgehead atoms. The van der Waals surface area contributed by atoms with Gasteiger partial charge in [-0.05, 0) is 47.6 Å². The van der Waals surface area contributed by atoms with Crippen LogP contribution in [0.5, 0.6) is 0 Å².